The van der Waals surface area contributed by atoms with Crippen molar-refractivity contribution in [1.82, 2.24) is 14.8 Å². The molecule has 2 aromatic carbocycles. The number of benzene rings is 2. The summed E-state index contributed by atoms with van der Waals surface area (Å²) in [5.74, 6) is 2.00. The predicted octanol–water partition coefficient (Wildman–Crippen LogP) is 4.91. The van der Waals surface area contributed by atoms with Crippen molar-refractivity contribution in [1.29, 1.82) is 0 Å². The number of thioether (sulfide) groups is 1. The molecule has 1 amide bonds. The van der Waals surface area contributed by atoms with Crippen LogP contribution in [0.1, 0.15) is 43.7 Å². The number of aromatic nitrogens is 3. The SMILES string of the molecule is O=C(CSc1nnc(N2CCCCC2)n1C1CC1)Nc1ccc(OCc2ccccc2)cc1. The fourth-order valence-electron chi connectivity index (χ4n) is 4.03. The van der Waals surface area contributed by atoms with Crippen LogP contribution >= 0.6 is 11.8 Å². The lowest BCUT2D eigenvalue weighted by Crippen LogP contribution is -2.32. The van der Waals surface area contributed by atoms with Crippen LogP contribution in [0.25, 0.3) is 0 Å². The number of carbonyl (C=O) groups is 1. The molecule has 1 aliphatic carbocycles. The molecular formula is C25H29N5O2S. The number of carbonyl (C=O) groups excluding carboxylic acids is 1. The van der Waals surface area contributed by atoms with Crippen molar-refractivity contribution in [2.45, 2.75) is 49.9 Å². The zero-order chi connectivity index (χ0) is 22.5. The molecule has 2 aliphatic rings. The van der Waals surface area contributed by atoms with Crippen LogP contribution in [0.2, 0.25) is 0 Å². The third-order valence-electron chi connectivity index (χ3n) is 5.92. The second kappa shape index (κ2) is 10.3. The quantitative estimate of drug-likeness (QED) is 0.455. The second-order valence-electron chi connectivity index (χ2n) is 8.57. The van der Waals surface area contributed by atoms with E-state index in [2.05, 4.69) is 25.0 Å². The van der Waals surface area contributed by atoms with Gasteiger partial charge in [0.2, 0.25) is 11.9 Å². The molecule has 0 unspecified atom stereocenters. The molecule has 1 aliphatic heterocycles. The Morgan fingerprint density at radius 2 is 1.76 bits per heavy atom. The van der Waals surface area contributed by atoms with Crippen LogP contribution in [0, 0.1) is 0 Å². The zero-order valence-electron chi connectivity index (χ0n) is 18.7. The van der Waals surface area contributed by atoms with Gasteiger partial charge in [-0.05, 0) is 61.9 Å². The van der Waals surface area contributed by atoms with Gasteiger partial charge in [0, 0.05) is 24.8 Å². The number of rotatable bonds is 9. The van der Waals surface area contributed by atoms with Crippen LogP contribution in [0.4, 0.5) is 11.6 Å². The summed E-state index contributed by atoms with van der Waals surface area (Å²) >= 11 is 1.46. The van der Waals surface area contributed by atoms with Gasteiger partial charge in [0.1, 0.15) is 12.4 Å². The maximum absolute atomic E-state index is 12.6. The molecule has 0 radical (unpaired) electrons. The Balaban J connectivity index is 1.14. The van der Waals surface area contributed by atoms with Gasteiger partial charge in [0.05, 0.1) is 5.75 Å². The minimum atomic E-state index is -0.0529. The van der Waals surface area contributed by atoms with E-state index in [9.17, 15) is 4.79 Å². The molecule has 3 aromatic rings. The molecule has 1 aromatic heterocycles. The number of anilines is 2. The largest absolute Gasteiger partial charge is 0.489 e. The summed E-state index contributed by atoms with van der Waals surface area (Å²) in [5, 5.41) is 12.7. The normalized spacial score (nSPS) is 15.9. The van der Waals surface area contributed by atoms with Crippen LogP contribution in [0.5, 0.6) is 5.75 Å². The summed E-state index contributed by atoms with van der Waals surface area (Å²) in [6, 6.07) is 18.0. The number of amides is 1. The maximum atomic E-state index is 12.6. The summed E-state index contributed by atoms with van der Waals surface area (Å²) < 4.78 is 8.06. The van der Waals surface area contributed by atoms with Gasteiger partial charge in [-0.25, -0.2) is 0 Å². The van der Waals surface area contributed by atoms with E-state index in [0.29, 0.717) is 18.4 Å². The summed E-state index contributed by atoms with van der Waals surface area (Å²) in [6.07, 6.45) is 6.03. The molecule has 0 spiro atoms. The average molecular weight is 464 g/mol. The number of nitrogens with zero attached hydrogens (tertiary/aromatic N) is 4. The van der Waals surface area contributed by atoms with E-state index in [0.717, 1.165) is 54.0 Å². The highest BCUT2D eigenvalue weighted by molar-refractivity contribution is 7.99. The number of hydrogen-bond acceptors (Lipinski definition) is 6. The third kappa shape index (κ3) is 5.68. The van der Waals surface area contributed by atoms with E-state index in [1.807, 2.05) is 54.6 Å². The van der Waals surface area contributed by atoms with Gasteiger partial charge >= 0.3 is 0 Å². The standard InChI is InChI=1S/C25H29N5O2S/c31-23(26-20-9-13-22(14-10-20)32-17-19-7-3-1-4-8-19)18-33-25-28-27-24(30(25)21-11-12-21)29-15-5-2-6-16-29/h1,3-4,7-10,13-14,21H,2,5-6,11-12,15-18H2,(H,26,31). The van der Waals surface area contributed by atoms with Crippen molar-refractivity contribution in [3.63, 3.8) is 0 Å². The van der Waals surface area contributed by atoms with Crippen LogP contribution < -0.4 is 15.0 Å². The topological polar surface area (TPSA) is 72.3 Å². The average Bonchev–Trinajstić information content (AvgIpc) is 3.62. The van der Waals surface area contributed by atoms with Gasteiger partial charge in [0.15, 0.2) is 5.16 Å². The lowest BCUT2D eigenvalue weighted by atomic mass is 10.1. The van der Waals surface area contributed by atoms with Gasteiger partial charge in [-0.15, -0.1) is 10.2 Å². The van der Waals surface area contributed by atoms with Crippen molar-refractivity contribution >= 4 is 29.3 Å². The predicted molar refractivity (Wildman–Crippen MR) is 131 cm³/mol. The van der Waals surface area contributed by atoms with Crippen LogP contribution in [-0.4, -0.2) is 39.5 Å². The van der Waals surface area contributed by atoms with Gasteiger partial charge in [-0.3, -0.25) is 9.36 Å². The molecular weight excluding hydrogens is 434 g/mol. The Hall–Kier alpha value is -3.00. The maximum Gasteiger partial charge on any atom is 0.234 e. The molecule has 0 bridgehead atoms. The molecule has 5 rings (SSSR count). The van der Waals surface area contributed by atoms with Gasteiger partial charge in [-0.2, -0.15) is 0 Å². The van der Waals surface area contributed by atoms with Crippen molar-refractivity contribution in [3.05, 3.63) is 60.2 Å². The minimum Gasteiger partial charge on any atom is -0.489 e. The van der Waals surface area contributed by atoms with Crippen molar-refractivity contribution in [2.75, 3.05) is 29.1 Å². The van der Waals surface area contributed by atoms with E-state index >= 15 is 0 Å². The number of nitrogens with one attached hydrogen (secondary N) is 1. The van der Waals surface area contributed by atoms with E-state index in [1.54, 1.807) is 0 Å². The lowest BCUT2D eigenvalue weighted by molar-refractivity contribution is -0.113. The van der Waals surface area contributed by atoms with E-state index in [1.165, 1.54) is 31.0 Å². The fraction of sp³-hybridized carbons (Fsp3) is 0.400. The van der Waals surface area contributed by atoms with Crippen LogP contribution in [0.15, 0.2) is 59.8 Å². The molecule has 33 heavy (non-hydrogen) atoms. The summed E-state index contributed by atoms with van der Waals surface area (Å²) in [4.78, 5) is 14.9. The van der Waals surface area contributed by atoms with E-state index in [4.69, 9.17) is 4.74 Å². The Morgan fingerprint density at radius 3 is 2.48 bits per heavy atom. The van der Waals surface area contributed by atoms with Gasteiger partial charge in [-0.1, -0.05) is 42.1 Å². The minimum absolute atomic E-state index is 0.0529. The molecule has 1 saturated heterocycles. The first kappa shape index (κ1) is 21.8. The first-order valence-corrected chi connectivity index (χ1v) is 12.6. The van der Waals surface area contributed by atoms with Crippen molar-refractivity contribution in [2.24, 2.45) is 0 Å². The second-order valence-corrected chi connectivity index (χ2v) is 9.51. The highest BCUT2D eigenvalue weighted by atomic mass is 32.2. The number of ether oxygens (including phenoxy) is 1. The van der Waals surface area contributed by atoms with Crippen LogP contribution in [0.3, 0.4) is 0 Å². The van der Waals surface area contributed by atoms with Gasteiger partial charge < -0.3 is 15.0 Å². The third-order valence-corrected chi connectivity index (χ3v) is 6.86. The van der Waals surface area contributed by atoms with Crippen molar-refractivity contribution < 1.29 is 9.53 Å². The highest BCUT2D eigenvalue weighted by Crippen LogP contribution is 2.41. The Labute approximate surface area is 198 Å². The molecule has 1 saturated carbocycles. The highest BCUT2D eigenvalue weighted by Gasteiger charge is 2.32. The molecule has 1 N–H and O–H groups in total. The first-order chi connectivity index (χ1) is 16.3. The lowest BCUT2D eigenvalue weighted by Gasteiger charge is -2.27. The summed E-state index contributed by atoms with van der Waals surface area (Å²) in [6.45, 7) is 2.60. The van der Waals surface area contributed by atoms with E-state index < -0.39 is 0 Å². The number of piperidine rings is 1. The number of hydrogen-bond donors (Lipinski definition) is 1. The molecule has 2 fully saturated rings. The molecule has 0 atom stereocenters. The Bertz CT molecular complexity index is 1060. The Kier molecular flexibility index (Phi) is 6.81. The summed E-state index contributed by atoms with van der Waals surface area (Å²) in [7, 11) is 0. The van der Waals surface area contributed by atoms with Crippen molar-refractivity contribution in [3.8, 4) is 5.75 Å². The Morgan fingerprint density at radius 1 is 1.00 bits per heavy atom. The first-order valence-electron chi connectivity index (χ1n) is 11.7. The fourth-order valence-corrected chi connectivity index (χ4v) is 4.83. The monoisotopic (exact) mass is 463 g/mol. The molecule has 172 valence electrons. The zero-order valence-corrected chi connectivity index (χ0v) is 19.5. The molecule has 2 heterocycles. The van der Waals surface area contributed by atoms with E-state index in [-0.39, 0.29) is 5.91 Å². The smallest absolute Gasteiger partial charge is 0.234 e. The molecule has 7 nitrogen and oxygen atoms in total. The van der Waals surface area contributed by atoms with Crippen LogP contribution in [-0.2, 0) is 11.4 Å². The summed E-state index contributed by atoms with van der Waals surface area (Å²) in [5.41, 5.74) is 1.87. The molecule has 8 heteroatoms. The van der Waals surface area contributed by atoms with Gasteiger partial charge in [0.25, 0.3) is 0 Å².